The number of anilines is 3. The van der Waals surface area contributed by atoms with E-state index in [0.717, 1.165) is 55.2 Å². The standard InChI is InChI=1S/C21H34N4O7S.C20H34N4O6S.C19H32N4O6S/c1-13(26)17(27)14(2)32-20(28)15(3)31-16(11-22-21(4,5)6)12-30-19-18(23-33-24-19)25-7-9-29-10-8-25;1-6-7-16(25)29-14(2)19(26)30-15(12-21-20(3,4)5)13-28-18-17(22-31-23-18)24-8-10-27-11-9-24;1-13(11-24)28-18(25)14(2)29-15(10-20-19(3,4)5)12-27-17-16(21-30-22-17)23-6-8-26-9-7-23/h14-16,22H,7-12H2,1-6H3;14-15,21H,6-13H2,1-5H3;11,13-15,20H,6-10,12H2,1-5H3. The van der Waals surface area contributed by atoms with Crippen LogP contribution < -0.4 is 44.9 Å². The molecule has 6 rings (SSSR count). The Morgan fingerprint density at radius 3 is 1.17 bits per heavy atom. The summed E-state index contributed by atoms with van der Waals surface area (Å²) < 4.78 is 92.3. The summed E-state index contributed by atoms with van der Waals surface area (Å²) in [6.45, 7) is 38.3. The predicted octanol–water partition coefficient (Wildman–Crippen LogP) is 3.84. The van der Waals surface area contributed by atoms with Crippen LogP contribution in [0, 0.1) is 0 Å². The van der Waals surface area contributed by atoms with Crippen LogP contribution in [0.1, 0.15) is 124 Å². The molecule has 3 aliphatic rings. The fraction of sp³-hybridized carbons (Fsp3) is 0.783. The van der Waals surface area contributed by atoms with Gasteiger partial charge in [-0.15, -0.1) is 13.1 Å². The molecule has 3 aliphatic heterocycles. The molecule has 3 aromatic heterocycles. The Morgan fingerprint density at radius 1 is 0.489 bits per heavy atom. The molecule has 0 saturated carbocycles. The van der Waals surface area contributed by atoms with E-state index in [1.165, 1.54) is 27.7 Å². The van der Waals surface area contributed by atoms with Crippen LogP contribution in [-0.2, 0) is 76.2 Å². The third-order valence-corrected chi connectivity index (χ3v) is 14.9. The third kappa shape index (κ3) is 30.8. The number of Topliss-reactive ketones (excluding diaryl/α,β-unsaturated/α-hetero) is 2. The Bertz CT molecular complexity index is 2760. The van der Waals surface area contributed by atoms with Crippen LogP contribution >= 0.6 is 35.2 Å². The number of carbonyl (C=O) groups excluding carboxylic acids is 7. The van der Waals surface area contributed by atoms with Crippen LogP contribution in [0.15, 0.2) is 0 Å². The van der Waals surface area contributed by atoms with Crippen LogP contribution in [0.2, 0.25) is 0 Å². The lowest BCUT2D eigenvalue weighted by atomic mass is 10.1. The number of nitrogens with zero attached hydrogens (tertiary/aromatic N) is 9. The fourth-order valence-electron chi connectivity index (χ4n) is 8.28. The first kappa shape index (κ1) is 80.5. The van der Waals surface area contributed by atoms with Crippen LogP contribution in [0.25, 0.3) is 0 Å². The molecule has 0 spiro atoms. The van der Waals surface area contributed by atoms with Gasteiger partial charge in [0, 0.05) is 88.9 Å². The van der Waals surface area contributed by atoms with Crippen LogP contribution in [0.4, 0.5) is 17.5 Å². The Hall–Kier alpha value is -5.95. The third-order valence-electron chi connectivity index (χ3n) is 13.4. The minimum absolute atomic E-state index is 0.0905. The SMILES string of the molecule is CC(=O)C(=O)C(C)OC(=O)C(C)OC(CNC(C)(C)C)COc1nsnc1N1CCOCC1.CC(C=O)OC(=O)C(C)OC(CNC(C)(C)C)COc1nsnc1N1CCOCC1.CCCC(=O)OC(C)C(=O)OC(CNC(C)(C)C)COc1nsnc1N1CCOCC1. The van der Waals surface area contributed by atoms with E-state index < -0.39 is 84.3 Å². The zero-order valence-corrected chi connectivity index (χ0v) is 59.8. The second-order valence-corrected chi connectivity index (χ2v) is 26.9. The number of nitrogens with one attached hydrogen (secondary N) is 3. The number of rotatable bonds is 34. The van der Waals surface area contributed by atoms with Crippen molar-refractivity contribution in [3.63, 3.8) is 0 Å². The van der Waals surface area contributed by atoms with Crippen molar-refractivity contribution in [2.75, 3.05) is 133 Å². The fourth-order valence-corrected chi connectivity index (χ4v) is 9.84. The maximum absolute atomic E-state index is 12.5. The minimum Gasteiger partial charge on any atom is -0.472 e. The van der Waals surface area contributed by atoms with Crippen molar-refractivity contribution in [1.29, 1.82) is 0 Å². The van der Waals surface area contributed by atoms with Gasteiger partial charge in [-0.25, -0.2) is 14.4 Å². The van der Waals surface area contributed by atoms with Crippen molar-refractivity contribution in [1.82, 2.24) is 42.2 Å². The van der Waals surface area contributed by atoms with Crippen LogP contribution in [-0.4, -0.2) is 252 Å². The van der Waals surface area contributed by atoms with Gasteiger partial charge in [-0.2, -0.15) is 13.1 Å². The number of esters is 4. The molecule has 8 atom stereocenters. The highest BCUT2D eigenvalue weighted by atomic mass is 32.1. The summed E-state index contributed by atoms with van der Waals surface area (Å²) in [5.41, 5.74) is -0.502. The lowest BCUT2D eigenvalue weighted by molar-refractivity contribution is -0.171. The summed E-state index contributed by atoms with van der Waals surface area (Å²) in [7, 11) is 0. The number of aromatic nitrogens is 6. The Balaban J connectivity index is 0.000000301. The molecule has 0 aliphatic carbocycles. The van der Waals surface area contributed by atoms with Gasteiger partial charge in [0.15, 0.2) is 42.6 Å². The van der Waals surface area contributed by atoms with Gasteiger partial charge in [0.1, 0.15) is 38.1 Å². The van der Waals surface area contributed by atoms with Crippen LogP contribution in [0.5, 0.6) is 17.6 Å². The number of morpholine rings is 3. The normalized spacial score (nSPS) is 17.2. The second-order valence-electron chi connectivity index (χ2n) is 25.3. The molecular weight excluding hydrogens is 1290 g/mol. The number of aldehydes is 1. The Labute approximate surface area is 564 Å². The number of hydrogen-bond acceptors (Lipinski definition) is 34. The highest BCUT2D eigenvalue weighted by molar-refractivity contribution is 7.00. The van der Waals surface area contributed by atoms with E-state index in [9.17, 15) is 33.6 Å². The molecule has 3 fully saturated rings. The zero-order chi connectivity index (χ0) is 69.6. The molecule has 3 aromatic rings. The average molecular weight is 1390 g/mol. The predicted molar refractivity (Wildman–Crippen MR) is 350 cm³/mol. The number of ether oxygens (including phenoxy) is 12. The van der Waals surface area contributed by atoms with E-state index in [0.29, 0.717) is 133 Å². The lowest BCUT2D eigenvalue weighted by Crippen LogP contribution is -2.45. The van der Waals surface area contributed by atoms with E-state index in [-0.39, 0.29) is 42.9 Å². The summed E-state index contributed by atoms with van der Waals surface area (Å²) in [5, 5.41) is 9.99. The molecule has 8 unspecified atom stereocenters. The van der Waals surface area contributed by atoms with E-state index >= 15 is 0 Å². The van der Waals surface area contributed by atoms with Crippen LogP contribution in [0.3, 0.4) is 0 Å². The number of ketones is 2. The molecule has 3 N–H and O–H groups in total. The highest BCUT2D eigenvalue weighted by Crippen LogP contribution is 2.29. The van der Waals surface area contributed by atoms with Crippen molar-refractivity contribution in [3.8, 4) is 17.6 Å². The molecule has 0 bridgehead atoms. The topological polar surface area (TPSA) is 353 Å². The van der Waals surface area contributed by atoms with E-state index in [1.807, 2.05) is 69.2 Å². The monoisotopic (exact) mass is 1390 g/mol. The molecule has 3 saturated heterocycles. The van der Waals surface area contributed by atoms with Gasteiger partial charge in [-0.1, -0.05) is 6.92 Å². The lowest BCUT2D eigenvalue weighted by Gasteiger charge is -2.28. The van der Waals surface area contributed by atoms with Crippen molar-refractivity contribution < 1.29 is 90.4 Å². The molecule has 34 heteroatoms. The van der Waals surface area contributed by atoms with Gasteiger partial charge in [-0.3, -0.25) is 19.2 Å². The maximum atomic E-state index is 12.5. The van der Waals surface area contributed by atoms with Gasteiger partial charge in [0.25, 0.3) is 17.6 Å². The molecule has 0 amide bonds. The van der Waals surface area contributed by atoms with Gasteiger partial charge in [-0.05, 0) is 103 Å². The Morgan fingerprint density at radius 2 is 0.830 bits per heavy atom. The molecule has 532 valence electrons. The Kier molecular flexibility index (Phi) is 34.7. The second kappa shape index (κ2) is 40.6. The van der Waals surface area contributed by atoms with E-state index in [2.05, 4.69) is 56.9 Å². The van der Waals surface area contributed by atoms with Gasteiger partial charge < -0.3 is 87.5 Å². The molecule has 6 heterocycles. The molecular formula is C60H100N12O19S3. The number of hydrogen-bond donors (Lipinski definition) is 3. The van der Waals surface area contributed by atoms with E-state index in [1.54, 1.807) is 6.92 Å². The van der Waals surface area contributed by atoms with Crippen molar-refractivity contribution in [3.05, 3.63) is 0 Å². The highest BCUT2D eigenvalue weighted by Gasteiger charge is 2.32. The first-order valence-electron chi connectivity index (χ1n) is 31.6. The van der Waals surface area contributed by atoms with Gasteiger partial charge in [0.2, 0.25) is 23.2 Å². The molecule has 0 aromatic carbocycles. The number of carbonyl (C=O) groups is 7. The minimum atomic E-state index is -1.17. The largest absolute Gasteiger partial charge is 0.472 e. The van der Waals surface area contributed by atoms with Gasteiger partial charge >= 0.3 is 23.9 Å². The zero-order valence-electron chi connectivity index (χ0n) is 57.3. The molecule has 94 heavy (non-hydrogen) atoms. The van der Waals surface area contributed by atoms with Crippen molar-refractivity contribution >= 4 is 94.4 Å². The first-order valence-corrected chi connectivity index (χ1v) is 33.8. The van der Waals surface area contributed by atoms with E-state index in [4.69, 9.17) is 56.8 Å². The summed E-state index contributed by atoms with van der Waals surface area (Å²) in [6, 6.07) is 0. The first-order chi connectivity index (χ1) is 44.4. The summed E-state index contributed by atoms with van der Waals surface area (Å²) in [6.07, 6.45) is -4.89. The smallest absolute Gasteiger partial charge is 0.347 e. The summed E-state index contributed by atoms with van der Waals surface area (Å²) in [5.74, 6) is -0.521. The van der Waals surface area contributed by atoms with Gasteiger partial charge in [0.05, 0.1) is 74.8 Å². The summed E-state index contributed by atoms with van der Waals surface area (Å²) >= 11 is 3.22. The molecule has 31 nitrogen and oxygen atoms in total. The quantitative estimate of drug-likeness (QED) is 0.0331. The maximum Gasteiger partial charge on any atom is 0.347 e. The average Bonchev–Trinajstić information content (AvgIpc) is 2.19. The van der Waals surface area contributed by atoms with Crippen molar-refractivity contribution in [2.45, 2.75) is 189 Å². The summed E-state index contributed by atoms with van der Waals surface area (Å²) in [4.78, 5) is 88.5. The van der Waals surface area contributed by atoms with Crippen molar-refractivity contribution in [2.24, 2.45) is 0 Å². The molecule has 0 radical (unpaired) electrons.